The summed E-state index contributed by atoms with van der Waals surface area (Å²) in [6.45, 7) is 11.0. The Hall–Kier alpha value is -0.380. The van der Waals surface area contributed by atoms with Gasteiger partial charge in [-0.15, -0.1) is 0 Å². The van der Waals surface area contributed by atoms with Crippen molar-refractivity contribution in [2.24, 2.45) is 0 Å². The molecule has 0 saturated carbocycles. The molecule has 0 aromatic heterocycles. The second-order valence-corrected chi connectivity index (χ2v) is 6.19. The van der Waals surface area contributed by atoms with Crippen LogP contribution in [0.1, 0.15) is 19.4 Å². The zero-order valence-corrected chi connectivity index (χ0v) is 12.4. The fourth-order valence-corrected chi connectivity index (χ4v) is 3.01. The van der Waals surface area contributed by atoms with Crippen molar-refractivity contribution < 1.29 is 9.80 Å². The van der Waals surface area contributed by atoms with Crippen molar-refractivity contribution in [1.29, 1.82) is 0 Å². The molecular weight excluding hydrogens is 276 g/mol. The Morgan fingerprint density at radius 1 is 1.12 bits per heavy atom. The van der Waals surface area contributed by atoms with E-state index in [1.54, 1.807) is 9.80 Å². The molecule has 0 amide bonds. The first-order valence-corrected chi connectivity index (χ1v) is 7.37. The molecule has 0 radical (unpaired) electrons. The van der Waals surface area contributed by atoms with Crippen LogP contribution in [-0.4, -0.2) is 32.2 Å². The molecule has 0 bridgehead atoms. The lowest BCUT2D eigenvalue weighted by atomic mass is 10.2. The second kappa shape index (κ2) is 5.98. The monoisotopic (exact) mass is 298 g/mol. The quantitative estimate of drug-likeness (QED) is 0.786. The molecule has 2 N–H and O–H groups in total. The largest absolute Gasteiger partial charge is 0.324 e. The minimum atomic E-state index is 0.778. The van der Waals surface area contributed by atoms with Crippen LogP contribution in [0.25, 0.3) is 0 Å². The van der Waals surface area contributed by atoms with E-state index in [1.807, 2.05) is 0 Å². The summed E-state index contributed by atoms with van der Waals surface area (Å²) in [5.41, 5.74) is 1.44. The highest BCUT2D eigenvalue weighted by Crippen LogP contribution is 2.14. The average Bonchev–Trinajstić information content (AvgIpc) is 2.33. The lowest BCUT2D eigenvalue weighted by Crippen LogP contribution is -3.28. The summed E-state index contributed by atoms with van der Waals surface area (Å²) in [7, 11) is 0. The summed E-state index contributed by atoms with van der Waals surface area (Å²) >= 11 is 3.64. The van der Waals surface area contributed by atoms with Gasteiger partial charge < -0.3 is 9.80 Å². The summed E-state index contributed by atoms with van der Waals surface area (Å²) < 4.78 is 1.26. The van der Waals surface area contributed by atoms with Gasteiger partial charge in [-0.2, -0.15) is 0 Å². The average molecular weight is 299 g/mol. The van der Waals surface area contributed by atoms with Gasteiger partial charge in [0.2, 0.25) is 0 Å². The molecule has 2 nitrogen and oxygen atoms in total. The molecule has 0 aliphatic carbocycles. The van der Waals surface area contributed by atoms with Gasteiger partial charge in [-0.1, -0.05) is 34.1 Å². The molecule has 1 aliphatic rings. The Balaban J connectivity index is 1.88. The molecule has 1 fully saturated rings. The maximum atomic E-state index is 3.64. The first kappa shape index (κ1) is 13.1. The van der Waals surface area contributed by atoms with Crippen LogP contribution in [0.5, 0.6) is 0 Å². The van der Waals surface area contributed by atoms with E-state index >= 15 is 0 Å². The number of piperazine rings is 1. The van der Waals surface area contributed by atoms with E-state index in [0.717, 1.165) is 12.6 Å². The molecule has 0 unspecified atom stereocenters. The number of hydrogen-bond acceptors (Lipinski definition) is 0. The lowest BCUT2D eigenvalue weighted by Gasteiger charge is -2.32. The number of rotatable bonds is 3. The van der Waals surface area contributed by atoms with Crippen LogP contribution in [0.15, 0.2) is 28.7 Å². The molecule has 3 heteroatoms. The summed E-state index contributed by atoms with van der Waals surface area (Å²) in [6.07, 6.45) is 0. The molecule has 0 spiro atoms. The number of hydrogen-bond donors (Lipinski definition) is 2. The van der Waals surface area contributed by atoms with Gasteiger partial charge in [0.15, 0.2) is 0 Å². The highest BCUT2D eigenvalue weighted by Gasteiger charge is 2.24. The van der Waals surface area contributed by atoms with E-state index in [-0.39, 0.29) is 0 Å². The van der Waals surface area contributed by atoms with Crippen LogP contribution < -0.4 is 9.80 Å². The summed E-state index contributed by atoms with van der Waals surface area (Å²) in [5.74, 6) is 0. The van der Waals surface area contributed by atoms with Crippen molar-refractivity contribution in [2.45, 2.75) is 26.4 Å². The van der Waals surface area contributed by atoms with Gasteiger partial charge in [-0.3, -0.25) is 0 Å². The predicted molar refractivity (Wildman–Crippen MR) is 74.4 cm³/mol. The Labute approximate surface area is 113 Å². The molecular formula is C14H23BrN2+2. The Morgan fingerprint density at radius 2 is 1.76 bits per heavy atom. The fourth-order valence-electron chi connectivity index (χ4n) is 2.59. The van der Waals surface area contributed by atoms with Gasteiger partial charge in [0.05, 0.1) is 6.04 Å². The van der Waals surface area contributed by atoms with Crippen molar-refractivity contribution >= 4 is 15.9 Å². The molecule has 94 valence electrons. The molecule has 1 aromatic carbocycles. The first-order valence-electron chi connectivity index (χ1n) is 6.58. The number of quaternary nitrogens is 2. The van der Waals surface area contributed by atoms with Crippen molar-refractivity contribution in [2.75, 3.05) is 26.2 Å². The molecule has 1 saturated heterocycles. The van der Waals surface area contributed by atoms with Crippen LogP contribution in [0.3, 0.4) is 0 Å². The molecule has 2 rings (SSSR count). The zero-order chi connectivity index (χ0) is 12.3. The second-order valence-electron chi connectivity index (χ2n) is 5.33. The van der Waals surface area contributed by atoms with Crippen LogP contribution in [0.4, 0.5) is 0 Å². The van der Waals surface area contributed by atoms with Crippen LogP contribution in [0.2, 0.25) is 0 Å². The van der Waals surface area contributed by atoms with E-state index in [9.17, 15) is 0 Å². The van der Waals surface area contributed by atoms with Crippen molar-refractivity contribution in [1.82, 2.24) is 0 Å². The standard InChI is InChI=1S/C14H21BrN2/c1-12(2)17-9-7-16(8-10-17)11-13-5-3-4-6-14(13)15/h3-6,12H,7-11H2,1-2H3/p+2. The van der Waals surface area contributed by atoms with Crippen LogP contribution in [0, 0.1) is 0 Å². The first-order chi connectivity index (χ1) is 8.16. The summed E-state index contributed by atoms with van der Waals surface area (Å²) in [6, 6.07) is 9.38. The van der Waals surface area contributed by atoms with Gasteiger partial charge >= 0.3 is 0 Å². The minimum Gasteiger partial charge on any atom is -0.324 e. The van der Waals surface area contributed by atoms with Crippen molar-refractivity contribution in [3.63, 3.8) is 0 Å². The topological polar surface area (TPSA) is 8.88 Å². The fraction of sp³-hybridized carbons (Fsp3) is 0.571. The smallest absolute Gasteiger partial charge is 0.127 e. The maximum absolute atomic E-state index is 3.64. The highest BCUT2D eigenvalue weighted by atomic mass is 79.9. The SMILES string of the molecule is CC(C)[NH+]1CC[NH+](Cc2ccccc2Br)CC1. The maximum Gasteiger partial charge on any atom is 0.127 e. The third kappa shape index (κ3) is 3.54. The summed E-state index contributed by atoms with van der Waals surface area (Å²) in [5, 5.41) is 0. The minimum absolute atomic E-state index is 0.778. The van der Waals surface area contributed by atoms with E-state index in [0.29, 0.717) is 0 Å². The van der Waals surface area contributed by atoms with Gasteiger partial charge in [0.1, 0.15) is 32.7 Å². The molecule has 17 heavy (non-hydrogen) atoms. The van der Waals surface area contributed by atoms with E-state index in [4.69, 9.17) is 0 Å². The predicted octanol–water partition coefficient (Wildman–Crippen LogP) is 0.141. The molecule has 1 heterocycles. The van der Waals surface area contributed by atoms with Crippen LogP contribution in [-0.2, 0) is 6.54 Å². The third-order valence-electron chi connectivity index (χ3n) is 3.81. The van der Waals surface area contributed by atoms with Gasteiger partial charge in [-0.25, -0.2) is 0 Å². The van der Waals surface area contributed by atoms with Crippen molar-refractivity contribution in [3.8, 4) is 0 Å². The lowest BCUT2D eigenvalue weighted by molar-refractivity contribution is -1.03. The third-order valence-corrected chi connectivity index (χ3v) is 4.59. The Morgan fingerprint density at radius 3 is 2.35 bits per heavy atom. The van der Waals surface area contributed by atoms with Gasteiger partial charge in [0, 0.05) is 10.0 Å². The zero-order valence-electron chi connectivity index (χ0n) is 10.8. The number of halogens is 1. The Kier molecular flexibility index (Phi) is 4.60. The molecule has 0 atom stereocenters. The van der Waals surface area contributed by atoms with Gasteiger partial charge in [0.25, 0.3) is 0 Å². The highest BCUT2D eigenvalue weighted by molar-refractivity contribution is 9.10. The number of benzene rings is 1. The number of nitrogens with one attached hydrogen (secondary N) is 2. The molecule has 1 aliphatic heterocycles. The normalized spacial score (nSPS) is 25.2. The van der Waals surface area contributed by atoms with Crippen LogP contribution >= 0.6 is 15.9 Å². The van der Waals surface area contributed by atoms with Crippen molar-refractivity contribution in [3.05, 3.63) is 34.3 Å². The van der Waals surface area contributed by atoms with Gasteiger partial charge in [-0.05, 0) is 19.9 Å². The Bertz CT molecular complexity index is 357. The van der Waals surface area contributed by atoms with E-state index in [1.165, 1.54) is 36.2 Å². The van der Waals surface area contributed by atoms with E-state index < -0.39 is 0 Å². The molecule has 1 aromatic rings. The summed E-state index contributed by atoms with van der Waals surface area (Å²) in [4.78, 5) is 3.49. The van der Waals surface area contributed by atoms with E-state index in [2.05, 4.69) is 54.0 Å².